The number of carboxylic acid groups (broad SMARTS) is 1. The molecule has 0 atom stereocenters. The molecule has 3 rings (SSSR count). The summed E-state index contributed by atoms with van der Waals surface area (Å²) in [6.45, 7) is 4.77. The maximum Gasteiger partial charge on any atom is 0.303 e. The molecule has 2 aromatic rings. The van der Waals surface area contributed by atoms with Crippen LogP contribution in [0.3, 0.4) is 0 Å². The fraction of sp³-hybridized carbons (Fsp3) is 0.375. The summed E-state index contributed by atoms with van der Waals surface area (Å²) in [4.78, 5) is 15.2. The quantitative estimate of drug-likeness (QED) is 0.232. The van der Waals surface area contributed by atoms with E-state index < -0.39 is 21.5 Å². The summed E-state index contributed by atoms with van der Waals surface area (Å²) in [5, 5.41) is 8.85. The average Bonchev–Trinajstić information content (AvgIpc) is 2.94. The van der Waals surface area contributed by atoms with Gasteiger partial charge >= 0.3 is 5.97 Å². The lowest BCUT2D eigenvalue weighted by Gasteiger charge is -2.17. The molecule has 2 aromatic carbocycles. The largest absolute Gasteiger partial charge is 0.481 e. The van der Waals surface area contributed by atoms with E-state index in [0.717, 1.165) is 35.5 Å². The molecular formula is C24H29N2O5S+. The van der Waals surface area contributed by atoms with Gasteiger partial charge in [0, 0.05) is 30.7 Å². The van der Waals surface area contributed by atoms with E-state index in [0.29, 0.717) is 19.4 Å². The lowest BCUT2D eigenvalue weighted by atomic mass is 9.80. The van der Waals surface area contributed by atoms with Crippen LogP contribution in [0.15, 0.2) is 58.4 Å². The maximum absolute atomic E-state index is 11.7. The first kappa shape index (κ1) is 23.8. The minimum atomic E-state index is -4.30. The molecule has 0 saturated heterocycles. The lowest BCUT2D eigenvalue weighted by Crippen LogP contribution is -2.30. The predicted molar refractivity (Wildman–Crippen MR) is 124 cm³/mol. The Morgan fingerprint density at radius 2 is 1.81 bits per heavy atom. The number of benzene rings is 2. The van der Waals surface area contributed by atoms with Crippen molar-refractivity contribution in [1.29, 1.82) is 0 Å². The van der Waals surface area contributed by atoms with Gasteiger partial charge in [-0.3, -0.25) is 14.3 Å². The van der Waals surface area contributed by atoms with Crippen molar-refractivity contribution in [3.05, 3.63) is 54.1 Å². The van der Waals surface area contributed by atoms with Crippen LogP contribution in [0.5, 0.6) is 0 Å². The predicted octanol–water partition coefficient (Wildman–Crippen LogP) is 4.75. The molecule has 0 aromatic heterocycles. The Balaban J connectivity index is 1.91. The van der Waals surface area contributed by atoms with E-state index in [1.54, 1.807) is 12.1 Å². The van der Waals surface area contributed by atoms with Gasteiger partial charge in [0.25, 0.3) is 10.1 Å². The van der Waals surface area contributed by atoms with Crippen molar-refractivity contribution in [2.45, 2.75) is 56.3 Å². The summed E-state index contributed by atoms with van der Waals surface area (Å²) in [6, 6.07) is 14.3. The van der Waals surface area contributed by atoms with Crippen LogP contribution in [0.25, 0.3) is 0 Å². The van der Waals surface area contributed by atoms with Crippen LogP contribution in [0.4, 0.5) is 11.4 Å². The van der Waals surface area contributed by atoms with E-state index >= 15 is 0 Å². The normalized spacial score (nSPS) is 15.3. The van der Waals surface area contributed by atoms with E-state index in [1.807, 2.05) is 50.4 Å². The minimum absolute atomic E-state index is 0.120. The van der Waals surface area contributed by atoms with Crippen molar-refractivity contribution in [3.63, 3.8) is 0 Å². The highest BCUT2D eigenvalue weighted by Crippen LogP contribution is 2.41. The fourth-order valence-electron chi connectivity index (χ4n) is 4.15. The maximum atomic E-state index is 11.7. The smallest absolute Gasteiger partial charge is 0.303 e. The molecule has 0 aliphatic carbocycles. The molecule has 1 heterocycles. The van der Waals surface area contributed by atoms with Crippen LogP contribution in [0.1, 0.15) is 51.5 Å². The molecule has 0 fully saturated rings. The summed E-state index contributed by atoms with van der Waals surface area (Å²) in [5.74, 6) is -0.792. The molecule has 7 nitrogen and oxygen atoms in total. The number of hydrogen-bond acceptors (Lipinski definition) is 4. The number of aliphatic carboxylic acids is 1. The van der Waals surface area contributed by atoms with Crippen molar-refractivity contribution in [2.75, 3.05) is 6.54 Å². The van der Waals surface area contributed by atoms with Gasteiger partial charge in [0.05, 0.1) is 22.4 Å². The summed E-state index contributed by atoms with van der Waals surface area (Å²) in [6.07, 6.45) is 4.80. The van der Waals surface area contributed by atoms with Gasteiger partial charge < -0.3 is 5.11 Å². The number of fused-ring (bicyclic) bond motifs is 1. The summed E-state index contributed by atoms with van der Waals surface area (Å²) >= 11 is 0. The van der Waals surface area contributed by atoms with Crippen LogP contribution in [-0.4, -0.2) is 47.1 Å². The monoisotopic (exact) mass is 457 g/mol. The number of nitrogens with zero attached hydrogens (tertiary/aromatic N) is 2. The fourth-order valence-corrected chi connectivity index (χ4v) is 4.65. The number of hydrogen-bond donors (Lipinski definition) is 2. The SMILES string of the molecule is CC1(C)C(CC=Nc2ccccc2)=[N+](CCCCCC(=O)O)c2ccc(S(=O)(=O)O)cc21. The van der Waals surface area contributed by atoms with Crippen LogP contribution in [0.2, 0.25) is 0 Å². The zero-order valence-electron chi connectivity index (χ0n) is 18.4. The van der Waals surface area contributed by atoms with Gasteiger partial charge in [0.1, 0.15) is 6.54 Å². The Hall–Kier alpha value is -2.84. The Morgan fingerprint density at radius 1 is 1.09 bits per heavy atom. The molecule has 0 saturated carbocycles. The van der Waals surface area contributed by atoms with E-state index in [9.17, 15) is 17.8 Å². The zero-order chi connectivity index (χ0) is 23.4. The minimum Gasteiger partial charge on any atom is -0.481 e. The molecular weight excluding hydrogens is 428 g/mol. The topological polar surface area (TPSA) is 107 Å². The lowest BCUT2D eigenvalue weighted by molar-refractivity contribution is -0.440. The molecule has 1 aliphatic rings. The summed E-state index contributed by atoms with van der Waals surface area (Å²) < 4.78 is 35.1. The highest BCUT2D eigenvalue weighted by molar-refractivity contribution is 7.85. The van der Waals surface area contributed by atoms with Crippen LogP contribution in [0, 0.1) is 0 Å². The Morgan fingerprint density at radius 3 is 2.47 bits per heavy atom. The van der Waals surface area contributed by atoms with Crippen molar-refractivity contribution in [2.24, 2.45) is 4.99 Å². The van der Waals surface area contributed by atoms with Crippen molar-refractivity contribution < 1.29 is 27.4 Å². The van der Waals surface area contributed by atoms with Crippen LogP contribution < -0.4 is 0 Å². The van der Waals surface area contributed by atoms with Gasteiger partial charge in [-0.2, -0.15) is 13.0 Å². The van der Waals surface area contributed by atoms with E-state index in [2.05, 4.69) is 9.57 Å². The molecule has 2 N–H and O–H groups in total. The first-order valence-corrected chi connectivity index (χ1v) is 12.1. The second-order valence-corrected chi connectivity index (χ2v) is 9.85. The Bertz CT molecular complexity index is 1150. The molecule has 0 radical (unpaired) electrons. The molecule has 1 aliphatic heterocycles. The molecule has 8 heteroatoms. The molecule has 0 unspecified atom stereocenters. The standard InChI is InChI=1S/C24H28N2O5S/c1-24(2)20-17-19(32(29,30)31)12-13-21(20)26(16-8-4-7-11-23(27)28)22(24)14-15-25-18-9-5-3-6-10-18/h3,5-6,9-10,12-13,15,17H,4,7-8,11,14,16H2,1-2H3,(H-,27,28,29,30,31)/p+1. The van der Waals surface area contributed by atoms with Gasteiger partial charge in [-0.05, 0) is 51.0 Å². The van der Waals surface area contributed by atoms with E-state index in [4.69, 9.17) is 5.11 Å². The first-order valence-electron chi connectivity index (χ1n) is 10.7. The van der Waals surface area contributed by atoms with Crippen LogP contribution >= 0.6 is 0 Å². The van der Waals surface area contributed by atoms with Gasteiger partial charge in [-0.15, -0.1) is 0 Å². The van der Waals surface area contributed by atoms with Gasteiger partial charge in [0.2, 0.25) is 5.69 Å². The highest BCUT2D eigenvalue weighted by atomic mass is 32.2. The number of aliphatic imine (C=N–C) groups is 1. The van der Waals surface area contributed by atoms with Crippen molar-refractivity contribution >= 4 is 39.4 Å². The third-order valence-corrected chi connectivity index (χ3v) is 6.68. The zero-order valence-corrected chi connectivity index (χ0v) is 19.2. The van der Waals surface area contributed by atoms with E-state index in [-0.39, 0.29) is 11.3 Å². The molecule has 0 spiro atoms. The molecule has 0 bridgehead atoms. The Kier molecular flexibility index (Phi) is 7.26. The second kappa shape index (κ2) is 9.75. The molecule has 0 amide bonds. The summed E-state index contributed by atoms with van der Waals surface area (Å²) in [7, 11) is -4.30. The molecule has 170 valence electrons. The van der Waals surface area contributed by atoms with Gasteiger partial charge in [-0.25, -0.2) is 0 Å². The highest BCUT2D eigenvalue weighted by Gasteiger charge is 2.45. The van der Waals surface area contributed by atoms with Gasteiger partial charge in [-0.1, -0.05) is 18.2 Å². The average molecular weight is 458 g/mol. The van der Waals surface area contributed by atoms with Crippen molar-refractivity contribution in [3.8, 4) is 0 Å². The molecule has 32 heavy (non-hydrogen) atoms. The number of carbonyl (C=O) groups is 1. The summed E-state index contributed by atoms with van der Waals surface area (Å²) in [5.41, 5.74) is 3.22. The Labute approximate surface area is 188 Å². The third-order valence-electron chi connectivity index (χ3n) is 5.83. The number of para-hydroxylation sites is 1. The number of carboxylic acids is 1. The number of unbranched alkanes of at least 4 members (excludes halogenated alkanes) is 2. The third kappa shape index (κ3) is 5.49. The number of rotatable bonds is 10. The van der Waals surface area contributed by atoms with E-state index in [1.165, 1.54) is 6.07 Å². The first-order chi connectivity index (χ1) is 15.1. The second-order valence-electron chi connectivity index (χ2n) is 8.43. The van der Waals surface area contributed by atoms with Gasteiger partial charge in [0.15, 0.2) is 5.71 Å². The van der Waals surface area contributed by atoms with Crippen molar-refractivity contribution in [1.82, 2.24) is 0 Å². The van der Waals surface area contributed by atoms with Crippen LogP contribution in [-0.2, 0) is 20.3 Å².